The van der Waals surface area contributed by atoms with Crippen LogP contribution in [-0.4, -0.2) is 51.2 Å². The Morgan fingerprint density at radius 1 is 1.48 bits per heavy atom. The molecule has 0 bridgehead atoms. The fourth-order valence-corrected chi connectivity index (χ4v) is 3.09. The molecule has 1 amide bonds. The van der Waals surface area contributed by atoms with Gasteiger partial charge in [0, 0.05) is 6.20 Å². The molecular formula is C18H27FN2O4. The zero-order chi connectivity index (χ0) is 18.8. The fraction of sp³-hybridized carbons (Fsp3) is 0.667. The van der Waals surface area contributed by atoms with E-state index in [-0.39, 0.29) is 6.61 Å². The maximum atomic E-state index is 12.9. The molecule has 1 aliphatic heterocycles. The standard InChI is InChI=1S/C18H27FN2O4/c1-17(2,3)25-16(23)21-14(15(11-22)24-18(21,4)5)9-12-6-7-20-13(8-12)10-19/h6-8,14-15,22H,9-11H2,1-5H3/t14-,15+/m0/s1. The molecule has 7 heteroatoms. The molecule has 2 heterocycles. The number of hydrogen-bond donors (Lipinski definition) is 1. The van der Waals surface area contributed by atoms with Gasteiger partial charge in [-0.25, -0.2) is 9.18 Å². The number of aromatic nitrogens is 1. The zero-order valence-corrected chi connectivity index (χ0v) is 15.5. The van der Waals surface area contributed by atoms with Crippen molar-refractivity contribution in [2.75, 3.05) is 6.61 Å². The number of ether oxygens (including phenoxy) is 2. The average Bonchev–Trinajstić information content (AvgIpc) is 2.76. The van der Waals surface area contributed by atoms with Crippen LogP contribution in [0.1, 0.15) is 45.9 Å². The number of pyridine rings is 1. The largest absolute Gasteiger partial charge is 0.444 e. The lowest BCUT2D eigenvalue weighted by atomic mass is 10.0. The van der Waals surface area contributed by atoms with Crippen LogP contribution in [0.15, 0.2) is 18.3 Å². The highest BCUT2D eigenvalue weighted by atomic mass is 19.1. The Labute approximate surface area is 147 Å². The van der Waals surface area contributed by atoms with Gasteiger partial charge in [-0.2, -0.15) is 0 Å². The van der Waals surface area contributed by atoms with Gasteiger partial charge in [-0.3, -0.25) is 9.88 Å². The molecule has 25 heavy (non-hydrogen) atoms. The molecule has 6 nitrogen and oxygen atoms in total. The van der Waals surface area contributed by atoms with E-state index in [2.05, 4.69) is 4.98 Å². The molecule has 0 aromatic carbocycles. The van der Waals surface area contributed by atoms with Gasteiger partial charge in [-0.05, 0) is 58.7 Å². The van der Waals surface area contributed by atoms with Crippen molar-refractivity contribution in [2.24, 2.45) is 0 Å². The molecule has 0 radical (unpaired) electrons. The van der Waals surface area contributed by atoms with Crippen LogP contribution >= 0.6 is 0 Å². The molecule has 0 saturated carbocycles. The van der Waals surface area contributed by atoms with E-state index < -0.39 is 36.2 Å². The van der Waals surface area contributed by atoms with Crippen molar-refractivity contribution in [3.8, 4) is 0 Å². The van der Waals surface area contributed by atoms with E-state index in [1.807, 2.05) is 0 Å². The Bertz CT molecular complexity index is 615. The number of amides is 1. The first-order chi connectivity index (χ1) is 11.6. The predicted molar refractivity (Wildman–Crippen MR) is 90.7 cm³/mol. The number of hydrogen-bond acceptors (Lipinski definition) is 5. The van der Waals surface area contributed by atoms with Gasteiger partial charge < -0.3 is 14.6 Å². The van der Waals surface area contributed by atoms with E-state index in [1.54, 1.807) is 46.8 Å². The van der Waals surface area contributed by atoms with E-state index >= 15 is 0 Å². The minimum Gasteiger partial charge on any atom is -0.444 e. The fourth-order valence-electron chi connectivity index (χ4n) is 3.09. The molecule has 2 atom stereocenters. The number of nitrogens with zero attached hydrogens (tertiary/aromatic N) is 2. The molecule has 1 aliphatic rings. The number of carbonyl (C=O) groups excluding carboxylic acids is 1. The predicted octanol–water partition coefficient (Wildman–Crippen LogP) is 2.83. The van der Waals surface area contributed by atoms with E-state index in [0.29, 0.717) is 12.1 Å². The quantitative estimate of drug-likeness (QED) is 0.900. The van der Waals surface area contributed by atoms with Crippen LogP contribution in [0.3, 0.4) is 0 Å². The molecule has 0 unspecified atom stereocenters. The van der Waals surface area contributed by atoms with Crippen LogP contribution in [0, 0.1) is 0 Å². The van der Waals surface area contributed by atoms with Crippen molar-refractivity contribution in [3.05, 3.63) is 29.6 Å². The molecule has 1 fully saturated rings. The average molecular weight is 354 g/mol. The Morgan fingerprint density at radius 2 is 2.16 bits per heavy atom. The third-order valence-corrected chi connectivity index (χ3v) is 4.01. The smallest absolute Gasteiger partial charge is 0.412 e. The molecule has 1 aromatic heterocycles. The van der Waals surface area contributed by atoms with Gasteiger partial charge >= 0.3 is 6.09 Å². The number of alkyl halides is 1. The molecule has 1 N–H and O–H groups in total. The topological polar surface area (TPSA) is 71.9 Å². The molecule has 2 rings (SSSR count). The molecule has 1 aromatic rings. The summed E-state index contributed by atoms with van der Waals surface area (Å²) in [6.45, 7) is 8.03. The van der Waals surface area contributed by atoms with Gasteiger partial charge in [0.15, 0.2) is 0 Å². The maximum Gasteiger partial charge on any atom is 0.412 e. The van der Waals surface area contributed by atoms with Gasteiger partial charge in [0.1, 0.15) is 24.1 Å². The molecule has 140 valence electrons. The van der Waals surface area contributed by atoms with Gasteiger partial charge in [-0.1, -0.05) is 0 Å². The highest BCUT2D eigenvalue weighted by Crippen LogP contribution is 2.35. The van der Waals surface area contributed by atoms with Gasteiger partial charge in [-0.15, -0.1) is 0 Å². The molecular weight excluding hydrogens is 327 g/mol. The van der Waals surface area contributed by atoms with E-state index in [0.717, 1.165) is 5.56 Å². The number of aliphatic hydroxyl groups is 1. The van der Waals surface area contributed by atoms with Gasteiger partial charge in [0.05, 0.1) is 18.3 Å². The van der Waals surface area contributed by atoms with Crippen molar-refractivity contribution < 1.29 is 23.8 Å². The summed E-state index contributed by atoms with van der Waals surface area (Å²) in [4.78, 5) is 18.2. The summed E-state index contributed by atoms with van der Waals surface area (Å²) in [5.74, 6) is 0. The first kappa shape index (κ1) is 19.6. The van der Waals surface area contributed by atoms with Crippen LogP contribution in [0.25, 0.3) is 0 Å². The third-order valence-electron chi connectivity index (χ3n) is 4.01. The van der Waals surface area contributed by atoms with Crippen molar-refractivity contribution in [3.63, 3.8) is 0 Å². The summed E-state index contributed by atoms with van der Waals surface area (Å²) >= 11 is 0. The minimum atomic E-state index is -0.920. The molecule has 1 saturated heterocycles. The summed E-state index contributed by atoms with van der Waals surface area (Å²) in [6, 6.07) is 3.00. The number of rotatable bonds is 4. The highest BCUT2D eigenvalue weighted by molar-refractivity contribution is 5.70. The second-order valence-electron chi connectivity index (χ2n) is 7.70. The zero-order valence-electron chi connectivity index (χ0n) is 15.5. The highest BCUT2D eigenvalue weighted by Gasteiger charge is 2.50. The first-order valence-electron chi connectivity index (χ1n) is 8.38. The van der Waals surface area contributed by atoms with Crippen molar-refractivity contribution >= 4 is 6.09 Å². The summed E-state index contributed by atoms with van der Waals surface area (Å²) in [6.07, 6.45) is 0.892. The van der Waals surface area contributed by atoms with E-state index in [4.69, 9.17) is 9.47 Å². The molecule has 0 aliphatic carbocycles. The van der Waals surface area contributed by atoms with Gasteiger partial charge in [0.2, 0.25) is 0 Å². The third kappa shape index (κ3) is 4.67. The summed E-state index contributed by atoms with van der Waals surface area (Å²) < 4.78 is 24.3. The van der Waals surface area contributed by atoms with Crippen LogP contribution in [0.2, 0.25) is 0 Å². The van der Waals surface area contributed by atoms with Crippen LogP contribution in [0.4, 0.5) is 9.18 Å². The number of halogens is 1. The van der Waals surface area contributed by atoms with E-state index in [1.165, 1.54) is 11.1 Å². The van der Waals surface area contributed by atoms with Crippen LogP contribution in [-0.2, 0) is 22.6 Å². The van der Waals surface area contributed by atoms with Crippen LogP contribution in [0.5, 0.6) is 0 Å². The second-order valence-corrected chi connectivity index (χ2v) is 7.70. The molecule has 0 spiro atoms. The van der Waals surface area contributed by atoms with Crippen LogP contribution < -0.4 is 0 Å². The Hall–Kier alpha value is -1.73. The second kappa shape index (κ2) is 7.25. The van der Waals surface area contributed by atoms with Crippen molar-refractivity contribution in [1.29, 1.82) is 0 Å². The van der Waals surface area contributed by atoms with E-state index in [9.17, 15) is 14.3 Å². The minimum absolute atomic E-state index is 0.228. The Balaban J connectivity index is 2.30. The normalized spacial score (nSPS) is 22.9. The van der Waals surface area contributed by atoms with Gasteiger partial charge in [0.25, 0.3) is 0 Å². The number of carbonyl (C=O) groups is 1. The lowest BCUT2D eigenvalue weighted by Crippen LogP contribution is -2.51. The number of aliphatic hydroxyl groups excluding tert-OH is 1. The SMILES string of the molecule is CC(C)(C)OC(=O)N1[C@@H](Cc2ccnc(CF)c2)[C@@H](CO)OC1(C)C. The maximum absolute atomic E-state index is 12.9. The monoisotopic (exact) mass is 354 g/mol. The van der Waals surface area contributed by atoms with Crippen molar-refractivity contribution in [2.45, 2.75) is 71.2 Å². The summed E-state index contributed by atoms with van der Waals surface area (Å²) in [7, 11) is 0. The van der Waals surface area contributed by atoms with Crippen molar-refractivity contribution in [1.82, 2.24) is 9.88 Å². The summed E-state index contributed by atoms with van der Waals surface area (Å²) in [5, 5.41) is 9.70. The lowest BCUT2D eigenvalue weighted by Gasteiger charge is -2.35. The lowest BCUT2D eigenvalue weighted by molar-refractivity contribution is -0.0866. The Morgan fingerprint density at radius 3 is 2.72 bits per heavy atom. The summed E-state index contributed by atoms with van der Waals surface area (Å²) in [5.41, 5.74) is -0.412. The Kier molecular flexibility index (Phi) is 5.68. The first-order valence-corrected chi connectivity index (χ1v) is 8.38.